The quantitative estimate of drug-likeness (QED) is 0.320. The minimum atomic E-state index is -3.81. The van der Waals surface area contributed by atoms with Crippen molar-refractivity contribution in [1.29, 1.82) is 0 Å². The predicted octanol–water partition coefficient (Wildman–Crippen LogP) is 3.53. The monoisotopic (exact) mass is 585 g/mol. The van der Waals surface area contributed by atoms with Gasteiger partial charge in [-0.05, 0) is 54.6 Å². The fourth-order valence-electron chi connectivity index (χ4n) is 3.77. The summed E-state index contributed by atoms with van der Waals surface area (Å²) in [6.45, 7) is -4.63. The van der Waals surface area contributed by atoms with E-state index in [4.69, 9.17) is 45.3 Å². The number of hydrogen-bond donors (Lipinski definition) is 2. The van der Waals surface area contributed by atoms with Crippen LogP contribution in [0.5, 0.6) is 23.0 Å². The van der Waals surface area contributed by atoms with Crippen molar-refractivity contribution in [2.75, 3.05) is 26.6 Å². The van der Waals surface area contributed by atoms with Crippen LogP contribution in [-0.2, 0) is 21.1 Å². The van der Waals surface area contributed by atoms with Gasteiger partial charge in [-0.15, -0.1) is 0 Å². The average molecular weight is 586 g/mol. The summed E-state index contributed by atoms with van der Waals surface area (Å²) in [5.74, 6) is 1.51. The average Bonchev–Trinajstić information content (AvgIpc) is 3.26. The number of ether oxygens (including phenoxy) is 3. The Balaban J connectivity index is 1.60. The van der Waals surface area contributed by atoms with Crippen LogP contribution >= 0.6 is 6.72 Å². The van der Waals surface area contributed by atoms with Gasteiger partial charge in [-0.3, -0.25) is 9.09 Å². The van der Waals surface area contributed by atoms with Gasteiger partial charge in [0.05, 0.1) is 20.8 Å². The highest BCUT2D eigenvalue weighted by Gasteiger charge is 2.54. The van der Waals surface area contributed by atoms with Crippen LogP contribution in [0.3, 0.4) is 0 Å². The largest absolute Gasteiger partial charge is 0.497 e. The van der Waals surface area contributed by atoms with Crippen molar-refractivity contribution >= 4 is 24.3 Å². The van der Waals surface area contributed by atoms with Crippen LogP contribution < -0.4 is 29.9 Å². The molecule has 3 atom stereocenters. The Morgan fingerprint density at radius 2 is 1.59 bits per heavy atom. The molecule has 4 rings (SSSR count). The van der Waals surface area contributed by atoms with Gasteiger partial charge < -0.3 is 34.1 Å². The molecule has 0 unspecified atom stereocenters. The molecule has 0 bridgehead atoms. The van der Waals surface area contributed by atoms with Crippen molar-refractivity contribution in [3.63, 3.8) is 0 Å². The molecule has 2 heterocycles. The highest BCUT2D eigenvalue weighted by Crippen LogP contribution is 2.52. The maximum Gasteiger partial charge on any atom is 0.435 e. The van der Waals surface area contributed by atoms with E-state index in [9.17, 15) is 18.7 Å². The number of alkyl halides is 2. The molecular weight excluding hydrogens is 559 g/mol. The molecule has 2 aromatic carbocycles. The lowest BCUT2D eigenvalue weighted by Gasteiger charge is -2.31. The standard InChI is InChI=1S/C24H26F2N3O8PS/c1-32-15-3-7-17(8-4-15)36-38(39,37-18-9-5-16(33-2)6-10-18)34-14-24(22(25)26)13-19(30)21(35-24)29-12-11-20(27)28-23(29)31/h3-12,19,21-22,30H,13-14H2,1-2H3,(H2,27,28,31)/t19-,21-,24+/m1/s1. The molecule has 3 N–H and O–H groups in total. The van der Waals surface area contributed by atoms with Gasteiger partial charge >= 0.3 is 12.4 Å². The maximum atomic E-state index is 14.4. The summed E-state index contributed by atoms with van der Waals surface area (Å²) in [6.07, 6.45) is -5.48. The number of benzene rings is 2. The number of nitrogen functional groups attached to an aromatic ring is 1. The lowest BCUT2D eigenvalue weighted by Crippen LogP contribution is -2.42. The SMILES string of the molecule is COc1ccc(OP(=S)(OC[C@]2(C(F)F)C[C@@H](O)[C@H](n3ccc(N)nc3=O)O2)Oc2ccc(OC)cc2)cc1. The lowest BCUT2D eigenvalue weighted by molar-refractivity contribution is -0.170. The lowest BCUT2D eigenvalue weighted by atomic mass is 10.0. The topological polar surface area (TPSA) is 137 Å². The molecule has 0 amide bonds. The Morgan fingerprint density at radius 1 is 1.08 bits per heavy atom. The Kier molecular flexibility index (Phi) is 8.72. The van der Waals surface area contributed by atoms with E-state index in [0.717, 1.165) is 4.57 Å². The Hall–Kier alpha value is -3.29. The molecule has 0 saturated carbocycles. The summed E-state index contributed by atoms with van der Waals surface area (Å²) < 4.78 is 63.1. The van der Waals surface area contributed by atoms with Crippen molar-refractivity contribution in [3.8, 4) is 23.0 Å². The number of hydrogen-bond acceptors (Lipinski definition) is 11. The van der Waals surface area contributed by atoms with E-state index in [1.165, 1.54) is 26.5 Å². The van der Waals surface area contributed by atoms with Crippen molar-refractivity contribution in [3.05, 3.63) is 71.3 Å². The molecule has 0 radical (unpaired) electrons. The Labute approximate surface area is 227 Å². The minimum absolute atomic E-state index is 0.0701. The van der Waals surface area contributed by atoms with Crippen LogP contribution in [0.15, 0.2) is 65.6 Å². The molecule has 1 aromatic heterocycles. The first-order valence-corrected chi connectivity index (χ1v) is 14.0. The van der Waals surface area contributed by atoms with Crippen molar-refractivity contribution in [1.82, 2.24) is 9.55 Å². The zero-order valence-corrected chi connectivity index (χ0v) is 22.5. The number of anilines is 1. The summed E-state index contributed by atoms with van der Waals surface area (Å²) in [4.78, 5) is 15.8. The molecule has 1 aliphatic rings. The third-order valence-corrected chi connectivity index (χ3v) is 7.86. The molecule has 11 nitrogen and oxygen atoms in total. The minimum Gasteiger partial charge on any atom is -0.497 e. The number of methoxy groups -OCH3 is 2. The van der Waals surface area contributed by atoms with Crippen LogP contribution in [0.25, 0.3) is 0 Å². The number of aromatic nitrogens is 2. The second-order valence-electron chi connectivity index (χ2n) is 8.44. The smallest absolute Gasteiger partial charge is 0.435 e. The zero-order chi connectivity index (χ0) is 28.2. The molecule has 15 heteroatoms. The highest BCUT2D eigenvalue weighted by molar-refractivity contribution is 8.07. The number of nitrogens with two attached hydrogens (primary N) is 1. The first-order chi connectivity index (χ1) is 18.6. The first-order valence-electron chi connectivity index (χ1n) is 11.5. The van der Waals surface area contributed by atoms with Crippen LogP contribution in [0, 0.1) is 0 Å². The molecule has 0 spiro atoms. The van der Waals surface area contributed by atoms with Crippen LogP contribution in [0.2, 0.25) is 0 Å². The first kappa shape index (κ1) is 28.7. The van der Waals surface area contributed by atoms with E-state index < -0.39 is 49.8 Å². The number of rotatable bonds is 11. The third-order valence-electron chi connectivity index (χ3n) is 5.78. The fraction of sp³-hybridized carbons (Fsp3) is 0.333. The van der Waals surface area contributed by atoms with E-state index in [-0.39, 0.29) is 17.3 Å². The number of nitrogens with zero attached hydrogens (tertiary/aromatic N) is 2. The number of halogens is 2. The van der Waals surface area contributed by atoms with Gasteiger partial charge in [0.1, 0.15) is 34.9 Å². The molecule has 3 aromatic rings. The van der Waals surface area contributed by atoms with E-state index in [2.05, 4.69) is 4.98 Å². The Morgan fingerprint density at radius 3 is 2.05 bits per heavy atom. The van der Waals surface area contributed by atoms with Gasteiger partial charge in [0.15, 0.2) is 11.8 Å². The predicted molar refractivity (Wildman–Crippen MR) is 140 cm³/mol. The summed E-state index contributed by atoms with van der Waals surface area (Å²) in [6, 6.07) is 13.9. The molecule has 1 saturated heterocycles. The second-order valence-corrected chi connectivity index (χ2v) is 11.3. The van der Waals surface area contributed by atoms with Gasteiger partial charge in [0, 0.05) is 24.4 Å². The van der Waals surface area contributed by atoms with Crippen molar-refractivity contribution in [2.24, 2.45) is 0 Å². The van der Waals surface area contributed by atoms with E-state index in [1.54, 1.807) is 48.5 Å². The zero-order valence-electron chi connectivity index (χ0n) is 20.8. The van der Waals surface area contributed by atoms with Crippen molar-refractivity contribution in [2.45, 2.75) is 30.8 Å². The number of aliphatic hydroxyl groups is 1. The summed E-state index contributed by atoms with van der Waals surface area (Å²) in [7, 11) is 3.00. The van der Waals surface area contributed by atoms with Crippen LogP contribution in [0.4, 0.5) is 14.6 Å². The molecule has 210 valence electrons. The molecular formula is C24H26F2N3O8PS. The van der Waals surface area contributed by atoms with E-state index in [1.807, 2.05) is 0 Å². The van der Waals surface area contributed by atoms with E-state index >= 15 is 0 Å². The maximum absolute atomic E-state index is 14.4. The molecule has 0 aliphatic carbocycles. The summed E-state index contributed by atoms with van der Waals surface area (Å²) >= 11 is 5.59. The van der Waals surface area contributed by atoms with Gasteiger partial charge in [0.25, 0.3) is 6.43 Å². The molecule has 1 aliphatic heterocycles. The third kappa shape index (κ3) is 6.65. The van der Waals surface area contributed by atoms with Gasteiger partial charge in [-0.2, -0.15) is 4.98 Å². The van der Waals surface area contributed by atoms with Crippen molar-refractivity contribution < 1.29 is 41.7 Å². The van der Waals surface area contributed by atoms with Gasteiger partial charge in [-0.25, -0.2) is 13.6 Å². The van der Waals surface area contributed by atoms with Gasteiger partial charge in [-0.1, -0.05) is 0 Å². The second kappa shape index (κ2) is 11.8. The summed E-state index contributed by atoms with van der Waals surface area (Å²) in [5.41, 5.74) is 2.28. The van der Waals surface area contributed by atoms with Crippen LogP contribution in [0.1, 0.15) is 12.6 Å². The van der Waals surface area contributed by atoms with Gasteiger partial charge in [0.2, 0.25) is 0 Å². The highest BCUT2D eigenvalue weighted by atomic mass is 32.5. The molecule has 39 heavy (non-hydrogen) atoms. The molecule has 1 fully saturated rings. The summed E-state index contributed by atoms with van der Waals surface area (Å²) in [5, 5.41) is 10.6. The van der Waals surface area contributed by atoms with E-state index in [0.29, 0.717) is 11.5 Å². The Bertz CT molecular complexity index is 1330. The number of aliphatic hydroxyl groups excluding tert-OH is 1. The normalized spacial score (nSPS) is 21.1. The fourth-order valence-corrected chi connectivity index (χ4v) is 5.72. The van der Waals surface area contributed by atoms with Crippen LogP contribution in [-0.4, -0.2) is 53.6 Å².